The lowest BCUT2D eigenvalue weighted by Crippen LogP contribution is -2.31. The van der Waals surface area contributed by atoms with Crippen molar-refractivity contribution in [1.29, 1.82) is 0 Å². The van der Waals surface area contributed by atoms with Gasteiger partial charge < -0.3 is 21.7 Å². The molecule has 17 heavy (non-hydrogen) atoms. The molecule has 0 saturated heterocycles. The minimum Gasteiger partial charge on any atom is -0.480 e. The van der Waals surface area contributed by atoms with E-state index in [1.807, 2.05) is 0 Å². The summed E-state index contributed by atoms with van der Waals surface area (Å²) in [6.07, 6.45) is 0.755. The van der Waals surface area contributed by atoms with Crippen LogP contribution in [0.3, 0.4) is 0 Å². The van der Waals surface area contributed by atoms with Crippen molar-refractivity contribution in [2.75, 3.05) is 11.5 Å². The zero-order valence-electron chi connectivity index (χ0n) is 9.07. The second kappa shape index (κ2) is 12.3. The Kier molecular flexibility index (Phi) is 15.9. The minimum atomic E-state index is -1.02. The van der Waals surface area contributed by atoms with Gasteiger partial charge in [-0.25, -0.2) is 0 Å². The van der Waals surface area contributed by atoms with E-state index in [0.29, 0.717) is 24.3 Å². The highest BCUT2D eigenvalue weighted by atomic mass is 35.5. The van der Waals surface area contributed by atoms with Gasteiger partial charge in [0.25, 0.3) is 0 Å². The molecule has 0 radical (unpaired) electrons. The Labute approximate surface area is 116 Å². The lowest BCUT2D eigenvalue weighted by atomic mass is 10.2. The van der Waals surface area contributed by atoms with Gasteiger partial charge in [0.15, 0.2) is 0 Å². The topological polar surface area (TPSA) is 127 Å². The van der Waals surface area contributed by atoms with Gasteiger partial charge in [-0.3, -0.25) is 9.59 Å². The first-order chi connectivity index (χ1) is 6.95. The molecule has 0 rings (SSSR count). The van der Waals surface area contributed by atoms with Crippen LogP contribution in [0.4, 0.5) is 0 Å². The van der Waals surface area contributed by atoms with Crippen molar-refractivity contribution < 1.29 is 19.8 Å². The zero-order valence-corrected chi connectivity index (χ0v) is 11.5. The Balaban J connectivity index is -0.000000980. The molecule has 104 valence electrons. The molecule has 0 aliphatic heterocycles. The van der Waals surface area contributed by atoms with Crippen molar-refractivity contribution >= 4 is 48.5 Å². The minimum absolute atomic E-state index is 0. The Bertz CT molecular complexity index is 212. The molecule has 0 aliphatic carbocycles. The van der Waals surface area contributed by atoms with E-state index in [2.05, 4.69) is 0 Å². The lowest BCUT2D eigenvalue weighted by molar-refractivity contribution is -0.139. The summed E-state index contributed by atoms with van der Waals surface area (Å²) < 4.78 is 0. The molecule has 9 heteroatoms. The van der Waals surface area contributed by atoms with Crippen molar-refractivity contribution in [2.24, 2.45) is 11.5 Å². The molecule has 6 N–H and O–H groups in total. The summed E-state index contributed by atoms with van der Waals surface area (Å²) in [5.41, 5.74) is 10.6. The summed E-state index contributed by atoms with van der Waals surface area (Å²) in [6.45, 7) is 0. The second-order valence-electron chi connectivity index (χ2n) is 3.08. The number of thioether (sulfide) groups is 1. The van der Waals surface area contributed by atoms with Crippen LogP contribution in [-0.2, 0) is 9.59 Å². The highest BCUT2D eigenvalue weighted by Gasteiger charge is 2.12. The highest BCUT2D eigenvalue weighted by Crippen LogP contribution is 2.07. The molecule has 2 atom stereocenters. The number of nitrogens with two attached hydrogens (primary N) is 2. The standard InChI is InChI=1S/C8H16N2O4S.2ClH/c9-5(7(11)12)1-3-15-4-2-6(10)8(13)14;;/h5-6H,1-4,9-10H2,(H,11,12)(H,13,14);2*1H/t5-,6-;;/m0../s1. The SMILES string of the molecule is Cl.Cl.N[C@@H](CCSCC[C@H](N)C(=O)O)C(=O)O. The molecule has 0 fully saturated rings. The van der Waals surface area contributed by atoms with Gasteiger partial charge in [0, 0.05) is 0 Å². The first-order valence-electron chi connectivity index (χ1n) is 4.49. The third kappa shape index (κ3) is 12.0. The molecule has 0 saturated carbocycles. The van der Waals surface area contributed by atoms with Crippen LogP contribution in [0.2, 0.25) is 0 Å². The van der Waals surface area contributed by atoms with Crippen LogP contribution in [0.5, 0.6) is 0 Å². The number of halogens is 2. The first kappa shape index (κ1) is 22.0. The van der Waals surface area contributed by atoms with Gasteiger partial charge in [-0.15, -0.1) is 24.8 Å². The molecule has 0 aromatic carbocycles. The Morgan fingerprint density at radius 3 is 1.47 bits per heavy atom. The molecule has 6 nitrogen and oxygen atoms in total. The molecule has 0 heterocycles. The van der Waals surface area contributed by atoms with Crippen LogP contribution in [-0.4, -0.2) is 45.7 Å². The van der Waals surface area contributed by atoms with Crippen LogP contribution in [0.25, 0.3) is 0 Å². The van der Waals surface area contributed by atoms with E-state index < -0.39 is 24.0 Å². The monoisotopic (exact) mass is 308 g/mol. The fourth-order valence-corrected chi connectivity index (χ4v) is 1.81. The quantitative estimate of drug-likeness (QED) is 0.471. The number of rotatable bonds is 8. The van der Waals surface area contributed by atoms with Gasteiger partial charge in [0.05, 0.1) is 0 Å². The van der Waals surface area contributed by atoms with Crippen molar-refractivity contribution in [3.05, 3.63) is 0 Å². The number of carboxylic acid groups (broad SMARTS) is 2. The van der Waals surface area contributed by atoms with Gasteiger partial charge >= 0.3 is 11.9 Å². The average molecular weight is 309 g/mol. The summed E-state index contributed by atoms with van der Waals surface area (Å²) in [5.74, 6) is -0.838. The van der Waals surface area contributed by atoms with Crippen molar-refractivity contribution in [2.45, 2.75) is 24.9 Å². The Morgan fingerprint density at radius 2 is 1.24 bits per heavy atom. The Morgan fingerprint density at radius 1 is 0.941 bits per heavy atom. The van der Waals surface area contributed by atoms with Crippen molar-refractivity contribution in [3.63, 3.8) is 0 Å². The summed E-state index contributed by atoms with van der Waals surface area (Å²) >= 11 is 1.46. The van der Waals surface area contributed by atoms with E-state index in [0.717, 1.165) is 0 Å². The second-order valence-corrected chi connectivity index (χ2v) is 4.30. The molecular weight excluding hydrogens is 291 g/mol. The van der Waals surface area contributed by atoms with Crippen LogP contribution in [0, 0.1) is 0 Å². The van der Waals surface area contributed by atoms with E-state index in [1.54, 1.807) is 0 Å². The average Bonchev–Trinajstić information content (AvgIpc) is 2.16. The molecule has 0 unspecified atom stereocenters. The smallest absolute Gasteiger partial charge is 0.320 e. The van der Waals surface area contributed by atoms with Gasteiger partial charge in [0.1, 0.15) is 12.1 Å². The number of carboxylic acids is 2. The van der Waals surface area contributed by atoms with E-state index in [9.17, 15) is 9.59 Å². The zero-order chi connectivity index (χ0) is 11.8. The molecule has 0 amide bonds. The normalized spacial score (nSPS) is 12.8. The molecule has 0 aromatic rings. The fourth-order valence-electron chi connectivity index (χ4n) is 0.770. The maximum Gasteiger partial charge on any atom is 0.320 e. The van der Waals surface area contributed by atoms with Crippen LogP contribution in [0.1, 0.15) is 12.8 Å². The summed E-state index contributed by atoms with van der Waals surface area (Å²) in [6, 6.07) is -1.68. The molecular formula is C8H18Cl2N2O4S. The first-order valence-corrected chi connectivity index (χ1v) is 5.65. The molecule has 0 spiro atoms. The van der Waals surface area contributed by atoms with Crippen molar-refractivity contribution in [1.82, 2.24) is 0 Å². The maximum absolute atomic E-state index is 10.3. The lowest BCUT2D eigenvalue weighted by Gasteiger charge is -2.07. The number of aliphatic carboxylic acids is 2. The van der Waals surface area contributed by atoms with Gasteiger partial charge in [-0.1, -0.05) is 0 Å². The van der Waals surface area contributed by atoms with E-state index in [-0.39, 0.29) is 24.8 Å². The predicted molar refractivity (Wildman–Crippen MR) is 72.3 cm³/mol. The predicted octanol–water partition coefficient (Wildman–Crippen LogP) is 0.167. The Hall–Kier alpha value is -0.210. The highest BCUT2D eigenvalue weighted by molar-refractivity contribution is 7.99. The van der Waals surface area contributed by atoms with Crippen molar-refractivity contribution in [3.8, 4) is 0 Å². The summed E-state index contributed by atoms with van der Waals surface area (Å²) in [4.78, 5) is 20.7. The molecule has 0 aromatic heterocycles. The molecule has 0 bridgehead atoms. The fraction of sp³-hybridized carbons (Fsp3) is 0.750. The largest absolute Gasteiger partial charge is 0.480 e. The van der Waals surface area contributed by atoms with Crippen LogP contribution >= 0.6 is 36.6 Å². The number of carbonyl (C=O) groups is 2. The van der Waals surface area contributed by atoms with E-state index >= 15 is 0 Å². The molecule has 0 aliphatic rings. The van der Waals surface area contributed by atoms with Gasteiger partial charge in [-0.2, -0.15) is 11.8 Å². The maximum atomic E-state index is 10.3. The van der Waals surface area contributed by atoms with Gasteiger partial charge in [0.2, 0.25) is 0 Å². The summed E-state index contributed by atoms with van der Waals surface area (Å²) in [5, 5.41) is 16.9. The van der Waals surface area contributed by atoms with E-state index in [4.69, 9.17) is 21.7 Å². The van der Waals surface area contributed by atoms with Gasteiger partial charge in [-0.05, 0) is 24.3 Å². The van der Waals surface area contributed by atoms with Crippen LogP contribution in [0.15, 0.2) is 0 Å². The third-order valence-corrected chi connectivity index (χ3v) is 2.83. The van der Waals surface area contributed by atoms with E-state index in [1.165, 1.54) is 11.8 Å². The van der Waals surface area contributed by atoms with Crippen LogP contribution < -0.4 is 11.5 Å². The third-order valence-electron chi connectivity index (χ3n) is 1.78. The number of hydrogen-bond donors (Lipinski definition) is 4. The summed E-state index contributed by atoms with van der Waals surface area (Å²) in [7, 11) is 0. The number of hydrogen-bond acceptors (Lipinski definition) is 5.